The van der Waals surface area contributed by atoms with Gasteiger partial charge >= 0.3 is 0 Å². The Morgan fingerprint density at radius 2 is 1.50 bits per heavy atom. The first-order valence-electron chi connectivity index (χ1n) is 10.5. The molecule has 8 nitrogen and oxygen atoms in total. The van der Waals surface area contributed by atoms with Gasteiger partial charge in [0.25, 0.3) is 0 Å². The zero-order valence-electron chi connectivity index (χ0n) is 20.5. The van der Waals surface area contributed by atoms with Crippen LogP contribution in [0, 0.1) is 25.7 Å². The number of aliphatic hydroxyl groups is 3. The summed E-state index contributed by atoms with van der Waals surface area (Å²) >= 11 is 0. The van der Waals surface area contributed by atoms with Crippen LogP contribution in [0.25, 0.3) is 0 Å². The number of methoxy groups -OCH3 is 3. The Morgan fingerprint density at radius 1 is 0.912 bits per heavy atom. The summed E-state index contributed by atoms with van der Waals surface area (Å²) in [5.74, 6) is 8.66. The molecule has 1 aliphatic rings. The first-order chi connectivity index (χ1) is 16.3. The van der Waals surface area contributed by atoms with E-state index in [1.165, 1.54) is 14.2 Å². The number of fused-ring (bicyclic) bond motifs is 1. The lowest BCUT2D eigenvalue weighted by molar-refractivity contribution is 0.168. The van der Waals surface area contributed by atoms with Gasteiger partial charge in [0.05, 0.1) is 41.2 Å². The van der Waals surface area contributed by atoms with Crippen molar-refractivity contribution < 1.29 is 39.0 Å². The highest BCUT2D eigenvalue weighted by atomic mass is 16.7. The Bertz CT molecular complexity index is 1110. The Morgan fingerprint density at radius 3 is 2.00 bits per heavy atom. The van der Waals surface area contributed by atoms with E-state index in [1.54, 1.807) is 14.0 Å². The van der Waals surface area contributed by atoms with E-state index in [1.807, 2.05) is 19.9 Å². The molecule has 34 heavy (non-hydrogen) atoms. The average Bonchev–Trinajstić information content (AvgIpc) is 3.31. The van der Waals surface area contributed by atoms with Crippen molar-refractivity contribution in [2.45, 2.75) is 40.6 Å². The van der Waals surface area contributed by atoms with Gasteiger partial charge in [0, 0.05) is 27.8 Å². The second kappa shape index (κ2) is 12.2. The van der Waals surface area contributed by atoms with Crippen LogP contribution >= 0.6 is 0 Å². The molecule has 184 valence electrons. The molecule has 0 saturated carbocycles. The molecular formula is C26H32O8. The van der Waals surface area contributed by atoms with Gasteiger partial charge in [0.2, 0.25) is 12.5 Å². The Balaban J connectivity index is 0.000000254. The molecule has 0 saturated heterocycles. The van der Waals surface area contributed by atoms with Crippen LogP contribution in [-0.2, 0) is 19.8 Å². The van der Waals surface area contributed by atoms with Crippen molar-refractivity contribution in [1.82, 2.24) is 0 Å². The number of hydrogen-bond acceptors (Lipinski definition) is 8. The van der Waals surface area contributed by atoms with Crippen molar-refractivity contribution in [3.05, 3.63) is 51.6 Å². The van der Waals surface area contributed by atoms with Gasteiger partial charge < -0.3 is 39.0 Å². The maximum Gasteiger partial charge on any atom is 0.231 e. The summed E-state index contributed by atoms with van der Waals surface area (Å²) in [6.07, 6.45) is 0. The van der Waals surface area contributed by atoms with E-state index >= 15 is 0 Å². The molecule has 0 fully saturated rings. The number of aryl methyl sites for hydroxylation is 1. The lowest BCUT2D eigenvalue weighted by Gasteiger charge is -2.19. The van der Waals surface area contributed by atoms with Gasteiger partial charge in [0.15, 0.2) is 23.0 Å². The number of benzene rings is 2. The second-order valence-electron chi connectivity index (χ2n) is 7.48. The third-order valence-corrected chi connectivity index (χ3v) is 5.22. The number of ether oxygens (including phenoxy) is 5. The molecule has 0 aromatic heterocycles. The fraction of sp³-hybridized carbons (Fsp3) is 0.385. The fourth-order valence-corrected chi connectivity index (χ4v) is 3.71. The van der Waals surface area contributed by atoms with Crippen LogP contribution in [0.3, 0.4) is 0 Å². The van der Waals surface area contributed by atoms with Gasteiger partial charge in [0.1, 0.15) is 0 Å². The molecule has 0 unspecified atom stereocenters. The van der Waals surface area contributed by atoms with Gasteiger partial charge in [-0.2, -0.15) is 0 Å². The summed E-state index contributed by atoms with van der Waals surface area (Å²) in [7, 11) is 4.61. The van der Waals surface area contributed by atoms with E-state index < -0.39 is 0 Å². The van der Waals surface area contributed by atoms with Crippen LogP contribution in [0.5, 0.6) is 28.7 Å². The van der Waals surface area contributed by atoms with Crippen LogP contribution in [0.2, 0.25) is 0 Å². The van der Waals surface area contributed by atoms with Gasteiger partial charge in [-0.15, -0.1) is 0 Å². The molecule has 2 aromatic carbocycles. The van der Waals surface area contributed by atoms with Gasteiger partial charge in [-0.25, -0.2) is 0 Å². The van der Waals surface area contributed by atoms with E-state index in [0.29, 0.717) is 51.0 Å². The first-order valence-corrected chi connectivity index (χ1v) is 10.5. The molecule has 2 aromatic rings. The van der Waals surface area contributed by atoms with E-state index in [0.717, 1.165) is 16.7 Å². The number of hydrogen-bond donors (Lipinski definition) is 3. The Hall–Kier alpha value is -3.38. The molecule has 0 aliphatic carbocycles. The maximum atomic E-state index is 9.61. The van der Waals surface area contributed by atoms with E-state index in [-0.39, 0.29) is 26.6 Å². The van der Waals surface area contributed by atoms with Gasteiger partial charge in [-0.3, -0.25) is 0 Å². The highest BCUT2D eigenvalue weighted by Crippen LogP contribution is 2.45. The zero-order valence-corrected chi connectivity index (χ0v) is 20.5. The standard InChI is InChI=1S/C16H20O4.C10H12O4/c1-10(2)6-7-12-11(3)15(19-4)16(20-5)14(9-18)13(12)8-17;1-6-3-7(4-11)9-10(8(6)12-2)14-5-13-9/h17-18H,1,8-9H2,2-5H3;3,11H,4-5H2,1-2H3. The highest BCUT2D eigenvalue weighted by Gasteiger charge is 2.24. The van der Waals surface area contributed by atoms with Crippen molar-refractivity contribution >= 4 is 0 Å². The van der Waals surface area contributed by atoms with Crippen molar-refractivity contribution in [3.8, 4) is 40.6 Å². The molecule has 0 radical (unpaired) electrons. The molecule has 0 spiro atoms. The molecular weight excluding hydrogens is 440 g/mol. The average molecular weight is 473 g/mol. The largest absolute Gasteiger partial charge is 0.493 e. The molecule has 8 heteroatoms. The zero-order chi connectivity index (χ0) is 25.4. The monoisotopic (exact) mass is 472 g/mol. The van der Waals surface area contributed by atoms with E-state index in [4.69, 9.17) is 28.8 Å². The number of allylic oxidation sites excluding steroid dienone is 1. The van der Waals surface area contributed by atoms with Crippen LogP contribution in [0.15, 0.2) is 18.2 Å². The first kappa shape index (κ1) is 26.9. The summed E-state index contributed by atoms with van der Waals surface area (Å²) in [4.78, 5) is 0. The molecule has 0 bridgehead atoms. The molecule has 3 N–H and O–H groups in total. The summed E-state index contributed by atoms with van der Waals surface area (Å²) < 4.78 is 26.4. The summed E-state index contributed by atoms with van der Waals surface area (Å²) in [5.41, 5.74) is 4.82. The molecule has 1 aliphatic heterocycles. The van der Waals surface area contributed by atoms with Crippen molar-refractivity contribution in [3.63, 3.8) is 0 Å². The Labute approximate surface area is 200 Å². The molecule has 0 amide bonds. The van der Waals surface area contributed by atoms with Crippen LogP contribution in [-0.4, -0.2) is 43.4 Å². The summed E-state index contributed by atoms with van der Waals surface area (Å²) in [6.45, 7) is 8.89. The smallest absolute Gasteiger partial charge is 0.231 e. The van der Waals surface area contributed by atoms with E-state index in [2.05, 4.69) is 18.4 Å². The minimum Gasteiger partial charge on any atom is -0.493 e. The maximum absolute atomic E-state index is 9.61. The van der Waals surface area contributed by atoms with Gasteiger partial charge in [-0.1, -0.05) is 18.4 Å². The highest BCUT2D eigenvalue weighted by molar-refractivity contribution is 5.64. The van der Waals surface area contributed by atoms with Crippen LogP contribution < -0.4 is 23.7 Å². The number of aliphatic hydroxyl groups excluding tert-OH is 3. The lowest BCUT2D eigenvalue weighted by Crippen LogP contribution is -2.07. The molecule has 3 rings (SSSR count). The minimum absolute atomic E-state index is 0.0590. The molecule has 1 heterocycles. The van der Waals surface area contributed by atoms with Crippen LogP contribution in [0.1, 0.15) is 40.3 Å². The normalized spacial score (nSPS) is 11.1. The van der Waals surface area contributed by atoms with Crippen molar-refractivity contribution in [2.24, 2.45) is 0 Å². The van der Waals surface area contributed by atoms with Crippen molar-refractivity contribution in [2.75, 3.05) is 28.1 Å². The predicted octanol–water partition coefficient (Wildman–Crippen LogP) is 3.15. The van der Waals surface area contributed by atoms with Crippen LogP contribution in [0.4, 0.5) is 0 Å². The second-order valence-corrected chi connectivity index (χ2v) is 7.48. The quantitative estimate of drug-likeness (QED) is 0.551. The van der Waals surface area contributed by atoms with Gasteiger partial charge in [-0.05, 0) is 38.0 Å². The van der Waals surface area contributed by atoms with E-state index in [9.17, 15) is 10.2 Å². The topological polar surface area (TPSA) is 107 Å². The fourth-order valence-electron chi connectivity index (χ4n) is 3.71. The third kappa shape index (κ3) is 5.39. The SMILES string of the molecule is C=C(C)C#Cc1c(C)c(OC)c(OC)c(CO)c1CO.COc1c(C)cc(CO)c2c1OCO2. The van der Waals surface area contributed by atoms with Crippen molar-refractivity contribution in [1.29, 1.82) is 0 Å². The summed E-state index contributed by atoms with van der Waals surface area (Å²) in [6, 6.07) is 1.84. The third-order valence-electron chi connectivity index (χ3n) is 5.22. The number of rotatable bonds is 6. The predicted molar refractivity (Wildman–Crippen MR) is 128 cm³/mol. The Kier molecular flexibility index (Phi) is 9.63. The molecule has 0 atom stereocenters. The summed E-state index contributed by atoms with van der Waals surface area (Å²) in [5, 5.41) is 28.3. The minimum atomic E-state index is -0.266. The lowest BCUT2D eigenvalue weighted by atomic mass is 9.95.